The fourth-order valence-corrected chi connectivity index (χ4v) is 3.08. The van der Waals surface area contributed by atoms with Crippen LogP contribution < -0.4 is 11.1 Å². The predicted molar refractivity (Wildman–Crippen MR) is 119 cm³/mol. The van der Waals surface area contributed by atoms with Crippen LogP contribution in [0.5, 0.6) is 0 Å². The van der Waals surface area contributed by atoms with E-state index in [9.17, 15) is 9.59 Å². The van der Waals surface area contributed by atoms with Crippen molar-refractivity contribution in [2.24, 2.45) is 5.73 Å². The van der Waals surface area contributed by atoms with Gasteiger partial charge >= 0.3 is 5.97 Å². The maximum atomic E-state index is 12.3. The number of hydrogen-bond acceptors (Lipinski definition) is 6. The molecule has 160 valence electrons. The molecule has 1 heterocycles. The molecule has 0 aliphatic heterocycles. The molecule has 0 saturated carbocycles. The van der Waals surface area contributed by atoms with Gasteiger partial charge < -0.3 is 20.7 Å². The van der Waals surface area contributed by atoms with Crippen LogP contribution in [0.15, 0.2) is 83.4 Å². The molecule has 32 heavy (non-hydrogen) atoms. The number of benzene rings is 3. The highest BCUT2D eigenvalue weighted by Crippen LogP contribution is 2.24. The van der Waals surface area contributed by atoms with Gasteiger partial charge in [-0.05, 0) is 48.4 Å². The second-order valence-electron chi connectivity index (χ2n) is 7.17. The number of carboxylic acids is 1. The highest BCUT2D eigenvalue weighted by molar-refractivity contribution is 6.04. The SMILES string of the molecule is N[C@@H](Cc1ccc(-c2noc(-c3ccc(NC(=O)c4ccccc4)cc3)n2)cc1)C(=O)O. The zero-order valence-electron chi connectivity index (χ0n) is 16.9. The van der Waals surface area contributed by atoms with Crippen molar-refractivity contribution in [3.8, 4) is 22.8 Å². The summed E-state index contributed by atoms with van der Waals surface area (Å²) in [6.07, 6.45) is 0.236. The number of carbonyl (C=O) groups excluding carboxylic acids is 1. The van der Waals surface area contributed by atoms with Gasteiger partial charge in [-0.2, -0.15) is 4.98 Å². The minimum absolute atomic E-state index is 0.189. The molecule has 0 bridgehead atoms. The van der Waals surface area contributed by atoms with Gasteiger partial charge in [-0.25, -0.2) is 0 Å². The Hall–Kier alpha value is -4.30. The summed E-state index contributed by atoms with van der Waals surface area (Å²) in [5.74, 6) is -0.470. The van der Waals surface area contributed by atoms with E-state index in [1.54, 1.807) is 60.7 Å². The molecule has 3 aromatic carbocycles. The first-order valence-electron chi connectivity index (χ1n) is 9.88. The summed E-state index contributed by atoms with van der Waals surface area (Å²) in [6, 6.07) is 22.3. The van der Waals surface area contributed by atoms with Crippen LogP contribution in [0.25, 0.3) is 22.8 Å². The molecule has 0 unspecified atom stereocenters. The van der Waals surface area contributed by atoms with Gasteiger partial charge in [0.2, 0.25) is 5.82 Å². The maximum absolute atomic E-state index is 12.3. The van der Waals surface area contributed by atoms with Gasteiger partial charge in [0.15, 0.2) is 0 Å². The van der Waals surface area contributed by atoms with E-state index >= 15 is 0 Å². The quantitative estimate of drug-likeness (QED) is 0.410. The third-order valence-corrected chi connectivity index (χ3v) is 4.84. The number of carbonyl (C=O) groups is 2. The molecule has 1 atom stereocenters. The van der Waals surface area contributed by atoms with Crippen LogP contribution >= 0.6 is 0 Å². The Morgan fingerprint density at radius 2 is 1.59 bits per heavy atom. The zero-order chi connectivity index (χ0) is 22.5. The smallest absolute Gasteiger partial charge is 0.320 e. The van der Waals surface area contributed by atoms with Crippen molar-refractivity contribution in [2.45, 2.75) is 12.5 Å². The van der Waals surface area contributed by atoms with Gasteiger partial charge in [0.05, 0.1) is 0 Å². The summed E-state index contributed by atoms with van der Waals surface area (Å²) in [6.45, 7) is 0. The standard InChI is InChI=1S/C24H20N4O4/c25-20(24(30)31)14-15-6-8-16(9-7-15)21-27-23(32-28-21)18-10-12-19(13-11-18)26-22(29)17-4-2-1-3-5-17/h1-13,20H,14,25H2,(H,26,29)(H,30,31)/t20-/m0/s1. The number of aromatic nitrogens is 2. The fraction of sp³-hybridized carbons (Fsp3) is 0.0833. The normalized spacial score (nSPS) is 11.7. The summed E-state index contributed by atoms with van der Waals surface area (Å²) in [5, 5.41) is 15.8. The third kappa shape index (κ3) is 4.88. The van der Waals surface area contributed by atoms with E-state index in [0.29, 0.717) is 28.5 Å². The summed E-state index contributed by atoms with van der Waals surface area (Å²) in [7, 11) is 0. The van der Waals surface area contributed by atoms with Crippen molar-refractivity contribution in [2.75, 3.05) is 5.32 Å². The van der Waals surface area contributed by atoms with Crippen LogP contribution in [0.2, 0.25) is 0 Å². The van der Waals surface area contributed by atoms with Crippen molar-refractivity contribution in [1.82, 2.24) is 10.1 Å². The number of anilines is 1. The Bertz CT molecular complexity index is 1220. The minimum Gasteiger partial charge on any atom is -0.480 e. The second-order valence-corrected chi connectivity index (χ2v) is 7.17. The molecule has 0 saturated heterocycles. The Kier molecular flexibility index (Phi) is 6.05. The first-order valence-corrected chi connectivity index (χ1v) is 9.88. The highest BCUT2D eigenvalue weighted by Gasteiger charge is 2.14. The number of nitrogens with two attached hydrogens (primary N) is 1. The van der Waals surface area contributed by atoms with Crippen molar-refractivity contribution < 1.29 is 19.2 Å². The lowest BCUT2D eigenvalue weighted by atomic mass is 10.0. The molecule has 4 rings (SSSR count). The van der Waals surface area contributed by atoms with E-state index in [1.807, 2.05) is 18.2 Å². The lowest BCUT2D eigenvalue weighted by molar-refractivity contribution is -0.138. The maximum Gasteiger partial charge on any atom is 0.320 e. The molecule has 0 radical (unpaired) electrons. The molecule has 1 amide bonds. The summed E-state index contributed by atoms with van der Waals surface area (Å²) < 4.78 is 5.38. The van der Waals surface area contributed by atoms with Crippen LogP contribution in [0, 0.1) is 0 Å². The van der Waals surface area contributed by atoms with E-state index in [1.165, 1.54) is 0 Å². The third-order valence-electron chi connectivity index (χ3n) is 4.84. The van der Waals surface area contributed by atoms with Crippen LogP contribution in [0.4, 0.5) is 5.69 Å². The molecule has 8 heteroatoms. The largest absolute Gasteiger partial charge is 0.480 e. The first kappa shape index (κ1) is 21.0. The van der Waals surface area contributed by atoms with Crippen molar-refractivity contribution in [3.63, 3.8) is 0 Å². The van der Waals surface area contributed by atoms with Crippen LogP contribution in [0.3, 0.4) is 0 Å². The first-order chi connectivity index (χ1) is 15.5. The summed E-state index contributed by atoms with van der Waals surface area (Å²) >= 11 is 0. The molecule has 1 aromatic heterocycles. The second kappa shape index (κ2) is 9.23. The van der Waals surface area contributed by atoms with Crippen molar-refractivity contribution in [1.29, 1.82) is 0 Å². The van der Waals surface area contributed by atoms with E-state index in [4.69, 9.17) is 15.4 Å². The van der Waals surface area contributed by atoms with E-state index < -0.39 is 12.0 Å². The van der Waals surface area contributed by atoms with E-state index in [0.717, 1.165) is 11.1 Å². The molecular formula is C24H20N4O4. The Morgan fingerprint density at radius 3 is 2.25 bits per heavy atom. The molecule has 0 aliphatic rings. The monoisotopic (exact) mass is 428 g/mol. The summed E-state index contributed by atoms with van der Waals surface area (Å²) in [4.78, 5) is 27.6. The number of aliphatic carboxylic acids is 1. The number of nitrogens with zero attached hydrogens (tertiary/aromatic N) is 2. The predicted octanol–water partition coefficient (Wildman–Crippen LogP) is 3.61. The Balaban J connectivity index is 1.43. The number of hydrogen-bond donors (Lipinski definition) is 3. The van der Waals surface area contributed by atoms with Gasteiger partial charge in [0.25, 0.3) is 11.8 Å². The summed E-state index contributed by atoms with van der Waals surface area (Å²) in [5.41, 5.74) is 9.05. The fourth-order valence-electron chi connectivity index (χ4n) is 3.08. The Morgan fingerprint density at radius 1 is 0.938 bits per heavy atom. The van der Waals surface area contributed by atoms with E-state index in [-0.39, 0.29) is 12.3 Å². The van der Waals surface area contributed by atoms with Gasteiger partial charge in [0.1, 0.15) is 6.04 Å². The van der Waals surface area contributed by atoms with Crippen molar-refractivity contribution in [3.05, 3.63) is 90.0 Å². The highest BCUT2D eigenvalue weighted by atomic mass is 16.5. The van der Waals surface area contributed by atoms with Crippen LogP contribution in [-0.2, 0) is 11.2 Å². The zero-order valence-corrected chi connectivity index (χ0v) is 16.9. The molecule has 8 nitrogen and oxygen atoms in total. The lowest BCUT2D eigenvalue weighted by Crippen LogP contribution is -2.32. The molecule has 4 N–H and O–H groups in total. The number of amides is 1. The average Bonchev–Trinajstić information content (AvgIpc) is 3.31. The molecule has 0 aliphatic carbocycles. The van der Waals surface area contributed by atoms with Gasteiger partial charge in [-0.15, -0.1) is 0 Å². The van der Waals surface area contributed by atoms with Crippen molar-refractivity contribution >= 4 is 17.6 Å². The van der Waals surface area contributed by atoms with Crippen LogP contribution in [-0.4, -0.2) is 33.2 Å². The molecule has 0 spiro atoms. The topological polar surface area (TPSA) is 131 Å². The number of rotatable bonds is 7. The number of carboxylic acid groups (broad SMARTS) is 1. The number of nitrogens with one attached hydrogen (secondary N) is 1. The van der Waals surface area contributed by atoms with E-state index in [2.05, 4.69) is 15.5 Å². The average molecular weight is 428 g/mol. The van der Waals surface area contributed by atoms with Crippen LogP contribution in [0.1, 0.15) is 15.9 Å². The minimum atomic E-state index is -1.04. The lowest BCUT2D eigenvalue weighted by Gasteiger charge is -2.06. The molecular weight excluding hydrogens is 408 g/mol. The molecule has 4 aromatic rings. The molecule has 0 fully saturated rings. The van der Waals surface area contributed by atoms with Gasteiger partial charge in [-0.3, -0.25) is 9.59 Å². The Labute approximate surface area is 183 Å². The van der Waals surface area contributed by atoms with Gasteiger partial charge in [0, 0.05) is 22.4 Å². The van der Waals surface area contributed by atoms with Gasteiger partial charge in [-0.1, -0.05) is 47.6 Å².